The van der Waals surface area contributed by atoms with E-state index in [4.69, 9.17) is 4.74 Å². The summed E-state index contributed by atoms with van der Waals surface area (Å²) < 4.78 is 122. The van der Waals surface area contributed by atoms with Crippen LogP contribution in [0.3, 0.4) is 0 Å². The second-order valence-electron chi connectivity index (χ2n) is 16.5. The summed E-state index contributed by atoms with van der Waals surface area (Å²) in [6.07, 6.45) is -0.928. The van der Waals surface area contributed by atoms with Gasteiger partial charge in [-0.1, -0.05) is 56.3 Å². The number of amides is 1. The van der Waals surface area contributed by atoms with E-state index in [0.717, 1.165) is 87.2 Å². The van der Waals surface area contributed by atoms with Gasteiger partial charge in [-0.15, -0.1) is 10.2 Å². The fourth-order valence-corrected chi connectivity index (χ4v) is 11.2. The summed E-state index contributed by atoms with van der Waals surface area (Å²) >= 11 is -1.42. The van der Waals surface area contributed by atoms with E-state index >= 15 is 0 Å². The third-order valence-electron chi connectivity index (χ3n) is 13.0. The number of halogens is 8. The van der Waals surface area contributed by atoms with Gasteiger partial charge in [-0.25, -0.2) is 4.79 Å². The molecule has 2 heterocycles. The lowest BCUT2D eigenvalue weighted by atomic mass is 9.52. The van der Waals surface area contributed by atoms with E-state index in [0.29, 0.717) is 41.6 Å². The lowest BCUT2D eigenvalue weighted by molar-refractivity contribution is -0.284. The first-order valence-electron chi connectivity index (χ1n) is 20.0. The van der Waals surface area contributed by atoms with Gasteiger partial charge in [0.05, 0.1) is 12.6 Å². The molecule has 314 valence electrons. The number of aliphatic hydroxyl groups excluding tert-OH is 1. The predicted molar refractivity (Wildman–Crippen MR) is 192 cm³/mol. The van der Waals surface area contributed by atoms with E-state index in [1.54, 1.807) is 6.07 Å². The van der Waals surface area contributed by atoms with Gasteiger partial charge in [0.15, 0.2) is 5.82 Å². The fourth-order valence-electron chi connectivity index (χ4n) is 10.0. The Balaban J connectivity index is 0.990. The average Bonchev–Trinajstić information content (AvgIpc) is 3.70. The molecule has 3 aliphatic carbocycles. The normalized spacial score (nSPS) is 27.0. The van der Waals surface area contributed by atoms with Crippen molar-refractivity contribution in [3.8, 4) is 5.75 Å². The quantitative estimate of drug-likeness (QED) is 0.109. The SMILES string of the molecule is CC12CCC3c4ccc(OC(=O)N5CCn6c(nnc6C(F)(F)F)C5)cc4CC(CCCCCCCCC[S+]([O-])CCCC(F)(F)C(F)(F)F)C3C1CCC2O. The Kier molecular flexibility index (Phi) is 13.3. The number of carbonyl (C=O) groups excluding carboxylic acids is 1. The van der Waals surface area contributed by atoms with E-state index in [9.17, 15) is 49.6 Å². The van der Waals surface area contributed by atoms with E-state index < -0.39 is 54.2 Å². The minimum atomic E-state index is -5.58. The lowest BCUT2D eigenvalue weighted by Gasteiger charge is -2.53. The van der Waals surface area contributed by atoms with Crippen molar-refractivity contribution in [1.29, 1.82) is 0 Å². The number of hydrogen-bond acceptors (Lipinski definition) is 6. The van der Waals surface area contributed by atoms with Crippen LogP contribution in [-0.4, -0.2) is 71.7 Å². The van der Waals surface area contributed by atoms with E-state index in [-0.39, 0.29) is 42.7 Å². The summed E-state index contributed by atoms with van der Waals surface area (Å²) in [7, 11) is 0. The molecule has 1 aromatic carbocycles. The number of nitrogens with zero attached hydrogens (tertiary/aromatic N) is 4. The molecule has 4 aliphatic rings. The maximum absolute atomic E-state index is 13.3. The number of aromatic nitrogens is 3. The number of unbranched alkanes of at least 4 members (excludes halogenated alkanes) is 6. The van der Waals surface area contributed by atoms with E-state index in [1.807, 2.05) is 6.07 Å². The van der Waals surface area contributed by atoms with Gasteiger partial charge in [0.1, 0.15) is 17.3 Å². The Hall–Kier alpha value is -2.66. The molecule has 1 aliphatic heterocycles. The molecule has 6 rings (SSSR count). The molecule has 0 radical (unpaired) electrons. The smallest absolute Gasteiger partial charge is 0.453 e. The topological polar surface area (TPSA) is 104 Å². The molecule has 1 N–H and O–H groups in total. The summed E-state index contributed by atoms with van der Waals surface area (Å²) in [5.41, 5.74) is 2.30. The minimum absolute atomic E-state index is 0.0271. The molecule has 0 spiro atoms. The van der Waals surface area contributed by atoms with Crippen molar-refractivity contribution in [2.45, 2.75) is 147 Å². The number of aliphatic hydroxyl groups is 1. The van der Waals surface area contributed by atoms with Crippen molar-refractivity contribution >= 4 is 17.3 Å². The first kappa shape index (κ1) is 42.9. The molecular weight excluding hydrogens is 773 g/mol. The van der Waals surface area contributed by atoms with Crippen LogP contribution in [0.15, 0.2) is 18.2 Å². The summed E-state index contributed by atoms with van der Waals surface area (Å²) in [6.45, 7) is 2.04. The Labute approximate surface area is 325 Å². The Morgan fingerprint density at radius 1 is 0.946 bits per heavy atom. The van der Waals surface area contributed by atoms with Crippen LogP contribution in [0, 0.1) is 23.2 Å². The maximum Gasteiger partial charge on any atom is 0.453 e. The summed E-state index contributed by atoms with van der Waals surface area (Å²) in [5.74, 6) is -3.70. The van der Waals surface area contributed by atoms with Crippen LogP contribution < -0.4 is 4.74 Å². The number of rotatable bonds is 15. The largest absolute Gasteiger partial charge is 0.616 e. The number of ether oxygens (including phenoxy) is 1. The molecule has 17 heteroatoms. The van der Waals surface area contributed by atoms with Crippen LogP contribution in [0.25, 0.3) is 0 Å². The third kappa shape index (κ3) is 9.45. The Bertz CT molecular complexity index is 1660. The molecular formula is C39H52F8N4O4S. The van der Waals surface area contributed by atoms with Crippen molar-refractivity contribution < 1.29 is 54.3 Å². The first-order chi connectivity index (χ1) is 26.4. The first-order valence-corrected chi connectivity index (χ1v) is 21.4. The fraction of sp³-hybridized carbons (Fsp3) is 0.769. The minimum Gasteiger partial charge on any atom is -0.616 e. The monoisotopic (exact) mass is 824 g/mol. The summed E-state index contributed by atoms with van der Waals surface area (Å²) in [6, 6.07) is 5.80. The molecule has 1 amide bonds. The molecule has 2 fully saturated rings. The number of benzene rings is 1. The highest BCUT2D eigenvalue weighted by Gasteiger charge is 2.57. The predicted octanol–water partition coefficient (Wildman–Crippen LogP) is 9.60. The highest BCUT2D eigenvalue weighted by atomic mass is 32.2. The third-order valence-corrected chi connectivity index (χ3v) is 14.5. The van der Waals surface area contributed by atoms with Gasteiger partial charge in [-0.3, -0.25) is 4.90 Å². The number of carbonyl (C=O) groups is 1. The van der Waals surface area contributed by atoms with Crippen molar-refractivity contribution in [2.75, 3.05) is 18.1 Å². The van der Waals surface area contributed by atoms with Gasteiger partial charge in [-0.2, -0.15) is 35.1 Å². The molecule has 0 bridgehead atoms. The van der Waals surface area contributed by atoms with Gasteiger partial charge < -0.3 is 19.0 Å². The van der Waals surface area contributed by atoms with Crippen molar-refractivity contribution in [1.82, 2.24) is 19.7 Å². The molecule has 1 aromatic heterocycles. The maximum atomic E-state index is 13.3. The highest BCUT2D eigenvalue weighted by Crippen LogP contribution is 2.63. The molecule has 56 heavy (non-hydrogen) atoms. The van der Waals surface area contributed by atoms with Crippen molar-refractivity contribution in [3.05, 3.63) is 41.0 Å². The van der Waals surface area contributed by atoms with E-state index in [2.05, 4.69) is 23.2 Å². The number of fused-ring (bicyclic) bond motifs is 6. The lowest BCUT2D eigenvalue weighted by Crippen LogP contribution is -2.47. The second kappa shape index (κ2) is 17.3. The van der Waals surface area contributed by atoms with Crippen LogP contribution in [0.4, 0.5) is 39.9 Å². The van der Waals surface area contributed by atoms with Crippen molar-refractivity contribution in [3.63, 3.8) is 0 Å². The standard InChI is InChI=1S/C39H52F8N4O4S/c1-36-17-15-29-28-12-11-27(55-35(53)50-18-19-51-32(24-50)48-49-34(51)38(42,43)44)23-26(28)22-25(33(29)30(36)13-14-31(36)52)10-7-5-3-2-4-6-8-20-56(54)21-9-16-37(40,41)39(45,46)47/h11-12,23,25,29-31,33,52H,2-10,13-22,24H2,1H3. The second-order valence-corrected chi connectivity index (χ2v) is 18.2. The van der Waals surface area contributed by atoms with Gasteiger partial charge in [0.25, 0.3) is 0 Å². The zero-order valence-corrected chi connectivity index (χ0v) is 32.5. The Morgan fingerprint density at radius 3 is 2.36 bits per heavy atom. The zero-order valence-electron chi connectivity index (χ0n) is 31.7. The van der Waals surface area contributed by atoms with Crippen LogP contribution >= 0.6 is 0 Å². The summed E-state index contributed by atoms with van der Waals surface area (Å²) in [5, 5.41) is 18.0. The van der Waals surface area contributed by atoms with Gasteiger partial charge in [0, 0.05) is 19.5 Å². The van der Waals surface area contributed by atoms with Crippen LogP contribution in [0.5, 0.6) is 5.75 Å². The van der Waals surface area contributed by atoms with Gasteiger partial charge >= 0.3 is 24.4 Å². The molecule has 7 atom stereocenters. The van der Waals surface area contributed by atoms with Crippen LogP contribution in [-0.2, 0) is 36.9 Å². The van der Waals surface area contributed by atoms with Crippen LogP contribution in [0.1, 0.15) is 126 Å². The zero-order chi connectivity index (χ0) is 40.5. The van der Waals surface area contributed by atoms with Gasteiger partial charge in [0.2, 0.25) is 5.82 Å². The molecule has 2 aromatic rings. The van der Waals surface area contributed by atoms with Crippen molar-refractivity contribution in [2.24, 2.45) is 23.2 Å². The molecule has 2 saturated carbocycles. The Morgan fingerprint density at radius 2 is 1.64 bits per heavy atom. The van der Waals surface area contributed by atoms with Gasteiger partial charge in [-0.05, 0) is 110 Å². The highest BCUT2D eigenvalue weighted by molar-refractivity contribution is 7.91. The molecule has 8 nitrogen and oxygen atoms in total. The van der Waals surface area contributed by atoms with Crippen LogP contribution in [0.2, 0.25) is 0 Å². The summed E-state index contributed by atoms with van der Waals surface area (Å²) in [4.78, 5) is 14.5. The molecule has 7 unspecified atom stereocenters. The number of hydrogen-bond donors (Lipinski definition) is 1. The molecule has 0 saturated heterocycles. The van der Waals surface area contributed by atoms with E-state index in [1.165, 1.54) is 10.5 Å². The number of alkyl halides is 8. The average molecular weight is 825 g/mol.